The number of carboxylic acid groups (broad SMARTS) is 1. The molecule has 11 nitrogen and oxygen atoms in total. The van der Waals surface area contributed by atoms with Crippen molar-refractivity contribution < 1.29 is 29.4 Å². The molecule has 0 fully saturated rings. The molecule has 34 heavy (non-hydrogen) atoms. The lowest BCUT2D eigenvalue weighted by molar-refractivity contribution is -0.142. The van der Waals surface area contributed by atoms with Gasteiger partial charge in [-0.05, 0) is 25.0 Å². The zero-order chi connectivity index (χ0) is 25.4. The van der Waals surface area contributed by atoms with Gasteiger partial charge < -0.3 is 36.9 Å². The van der Waals surface area contributed by atoms with Crippen molar-refractivity contribution in [3.8, 4) is 0 Å². The fraction of sp³-hybridized carbons (Fsp3) is 0.429. The van der Waals surface area contributed by atoms with E-state index in [9.17, 15) is 24.3 Å². The fourth-order valence-corrected chi connectivity index (χ4v) is 3.71. The summed E-state index contributed by atoms with van der Waals surface area (Å²) in [7, 11) is 0. The van der Waals surface area contributed by atoms with E-state index < -0.39 is 54.0 Å². The van der Waals surface area contributed by atoms with E-state index >= 15 is 0 Å². The number of carbonyl (C=O) groups is 4. The largest absolute Gasteiger partial charge is 0.480 e. The summed E-state index contributed by atoms with van der Waals surface area (Å²) in [4.78, 5) is 52.0. The van der Waals surface area contributed by atoms with Crippen molar-refractivity contribution in [1.82, 2.24) is 20.9 Å². The Hall–Kier alpha value is -2.74. The summed E-state index contributed by atoms with van der Waals surface area (Å²) in [6.07, 6.45) is 0.635. The summed E-state index contributed by atoms with van der Waals surface area (Å²) in [6.45, 7) is 1.26. The van der Waals surface area contributed by atoms with Gasteiger partial charge in [-0.25, -0.2) is 4.79 Å². The van der Waals surface area contributed by atoms with Crippen molar-refractivity contribution in [3.63, 3.8) is 0 Å². The van der Waals surface area contributed by atoms with E-state index in [4.69, 9.17) is 10.8 Å². The van der Waals surface area contributed by atoms with Gasteiger partial charge in [0.15, 0.2) is 0 Å². The molecule has 0 radical (unpaired) electrons. The number of carboxylic acids is 1. The first-order valence-corrected chi connectivity index (χ1v) is 11.7. The van der Waals surface area contributed by atoms with E-state index in [1.165, 1.54) is 6.92 Å². The third-order valence-electron chi connectivity index (χ3n) is 5.13. The second kappa shape index (κ2) is 12.6. The number of rotatable bonds is 12. The second-order valence-electron chi connectivity index (χ2n) is 7.72. The Balaban J connectivity index is 2.01. The van der Waals surface area contributed by atoms with Gasteiger partial charge in [0.1, 0.15) is 18.1 Å². The Morgan fingerprint density at radius 1 is 1.00 bits per heavy atom. The molecule has 1 aromatic carbocycles. The van der Waals surface area contributed by atoms with Crippen molar-refractivity contribution in [2.24, 2.45) is 5.73 Å². The molecule has 0 spiro atoms. The van der Waals surface area contributed by atoms with Crippen molar-refractivity contribution in [3.05, 3.63) is 36.0 Å². The number of aromatic amines is 1. The van der Waals surface area contributed by atoms with Crippen LogP contribution in [0.25, 0.3) is 10.9 Å². The predicted octanol–water partition coefficient (Wildman–Crippen LogP) is -1.18. The number of hydrogen-bond donors (Lipinski definition) is 9. The highest BCUT2D eigenvalue weighted by Crippen LogP contribution is 2.18. The first-order valence-electron chi connectivity index (χ1n) is 10.4. The van der Waals surface area contributed by atoms with Crippen molar-refractivity contribution in [2.45, 2.75) is 43.6 Å². The number of carbonyl (C=O) groups excluding carboxylic acids is 3. The molecule has 0 saturated carbocycles. The highest BCUT2D eigenvalue weighted by Gasteiger charge is 2.32. The number of thiol groups is 2. The van der Waals surface area contributed by atoms with Gasteiger partial charge in [-0.2, -0.15) is 25.3 Å². The van der Waals surface area contributed by atoms with E-state index in [-0.39, 0.29) is 17.9 Å². The number of para-hydroxylation sites is 1. The van der Waals surface area contributed by atoms with Gasteiger partial charge >= 0.3 is 5.97 Å². The van der Waals surface area contributed by atoms with Gasteiger partial charge in [0.25, 0.3) is 0 Å². The molecule has 2 aromatic rings. The van der Waals surface area contributed by atoms with Crippen LogP contribution < -0.4 is 21.7 Å². The Morgan fingerprint density at radius 3 is 2.21 bits per heavy atom. The molecule has 8 N–H and O–H groups in total. The van der Waals surface area contributed by atoms with Crippen LogP contribution in [0.4, 0.5) is 0 Å². The molecule has 13 heteroatoms. The van der Waals surface area contributed by atoms with E-state index in [1.807, 2.05) is 24.3 Å². The lowest BCUT2D eigenvalue weighted by atomic mass is 10.0. The molecule has 0 aliphatic carbocycles. The lowest BCUT2D eigenvalue weighted by Crippen LogP contribution is -2.60. The van der Waals surface area contributed by atoms with Crippen molar-refractivity contribution in [1.29, 1.82) is 0 Å². The minimum Gasteiger partial charge on any atom is -0.480 e. The molecule has 0 aliphatic rings. The van der Waals surface area contributed by atoms with Crippen LogP contribution in [0, 0.1) is 0 Å². The van der Waals surface area contributed by atoms with Crippen LogP contribution >= 0.6 is 25.3 Å². The van der Waals surface area contributed by atoms with Gasteiger partial charge in [-0.1, -0.05) is 18.2 Å². The van der Waals surface area contributed by atoms with E-state index in [0.29, 0.717) is 0 Å². The topological polar surface area (TPSA) is 187 Å². The van der Waals surface area contributed by atoms with Crippen LogP contribution in [0.15, 0.2) is 30.5 Å². The normalized spacial score (nSPS) is 15.6. The average molecular weight is 512 g/mol. The van der Waals surface area contributed by atoms with Crippen LogP contribution in [0.1, 0.15) is 12.5 Å². The summed E-state index contributed by atoms with van der Waals surface area (Å²) < 4.78 is 0. The van der Waals surface area contributed by atoms with Gasteiger partial charge in [0, 0.05) is 28.6 Å². The minimum absolute atomic E-state index is 0.111. The van der Waals surface area contributed by atoms with Crippen LogP contribution in [-0.2, 0) is 25.6 Å². The summed E-state index contributed by atoms with van der Waals surface area (Å²) in [6, 6.07) is 2.67. The van der Waals surface area contributed by atoms with Gasteiger partial charge in [0.05, 0.1) is 12.1 Å². The number of aliphatic hydroxyl groups is 1. The summed E-state index contributed by atoms with van der Waals surface area (Å²) in [5.41, 5.74) is 7.80. The smallest absolute Gasteiger partial charge is 0.327 e. The molecule has 0 bridgehead atoms. The molecule has 1 aromatic heterocycles. The number of fused-ring (bicyclic) bond motifs is 1. The zero-order valence-corrected chi connectivity index (χ0v) is 20.2. The monoisotopic (exact) mass is 511 g/mol. The SMILES string of the molecule is CC(O)C(NC(=O)C(CS)NC(=O)C(N)Cc1c[nH]c2ccccc12)C(=O)NC(CS)C(=O)O. The maximum Gasteiger partial charge on any atom is 0.327 e. The zero-order valence-electron chi connectivity index (χ0n) is 18.4. The summed E-state index contributed by atoms with van der Waals surface area (Å²) in [5.74, 6) is -3.92. The maximum absolute atomic E-state index is 12.7. The van der Waals surface area contributed by atoms with Gasteiger partial charge in [-0.15, -0.1) is 0 Å². The third-order valence-corrected chi connectivity index (χ3v) is 5.86. The number of H-pyrrole nitrogens is 1. The Kier molecular flexibility index (Phi) is 10.2. The molecule has 3 amide bonds. The first kappa shape index (κ1) is 27.5. The average Bonchev–Trinajstić information content (AvgIpc) is 3.21. The number of benzene rings is 1. The quantitative estimate of drug-likeness (QED) is 0.160. The van der Waals surface area contributed by atoms with Crippen LogP contribution in [0.2, 0.25) is 0 Å². The highest BCUT2D eigenvalue weighted by molar-refractivity contribution is 7.80. The van der Waals surface area contributed by atoms with Gasteiger partial charge in [0.2, 0.25) is 17.7 Å². The van der Waals surface area contributed by atoms with Crippen molar-refractivity contribution >= 4 is 59.9 Å². The Labute approximate surface area is 207 Å². The molecule has 1 heterocycles. The van der Waals surface area contributed by atoms with Gasteiger partial charge in [-0.3, -0.25) is 14.4 Å². The number of aromatic nitrogens is 1. The number of aliphatic hydroxyl groups excluding tert-OH is 1. The van der Waals surface area contributed by atoms with Crippen LogP contribution in [-0.4, -0.2) is 80.7 Å². The number of aliphatic carboxylic acids is 1. The fourth-order valence-electron chi connectivity index (χ4n) is 3.21. The molecule has 0 saturated heterocycles. The molecule has 5 unspecified atom stereocenters. The van der Waals surface area contributed by atoms with Crippen LogP contribution in [0.5, 0.6) is 0 Å². The predicted molar refractivity (Wildman–Crippen MR) is 133 cm³/mol. The molecular weight excluding hydrogens is 482 g/mol. The Morgan fingerprint density at radius 2 is 1.62 bits per heavy atom. The second-order valence-corrected chi connectivity index (χ2v) is 8.45. The highest BCUT2D eigenvalue weighted by atomic mass is 32.1. The molecule has 186 valence electrons. The lowest BCUT2D eigenvalue weighted by Gasteiger charge is -2.25. The maximum atomic E-state index is 12.7. The Bertz CT molecular complexity index is 1030. The minimum atomic E-state index is -1.46. The van der Waals surface area contributed by atoms with E-state index in [0.717, 1.165) is 16.5 Å². The van der Waals surface area contributed by atoms with Crippen molar-refractivity contribution in [2.75, 3.05) is 11.5 Å². The molecular formula is C21H29N5O6S2. The number of amides is 3. The summed E-state index contributed by atoms with van der Waals surface area (Å²) in [5, 5.41) is 26.9. The summed E-state index contributed by atoms with van der Waals surface area (Å²) >= 11 is 7.95. The van der Waals surface area contributed by atoms with Crippen LogP contribution in [0.3, 0.4) is 0 Å². The molecule has 2 rings (SSSR count). The number of hydrogen-bond acceptors (Lipinski definition) is 8. The number of nitrogens with two attached hydrogens (primary N) is 1. The molecule has 5 atom stereocenters. The standard InChI is InChI=1S/C21H29N5O6S2/c1-10(27)17(20(30)25-16(9-34)21(31)32)26-19(29)15(8-33)24-18(28)13(22)6-11-7-23-14-5-3-2-4-12(11)14/h2-5,7,10,13,15-17,23,27,33-34H,6,8-9,22H2,1H3,(H,24,28)(H,25,30)(H,26,29)(H,31,32). The number of nitrogens with one attached hydrogen (secondary N) is 4. The molecule has 0 aliphatic heterocycles. The van der Waals surface area contributed by atoms with E-state index in [2.05, 4.69) is 46.2 Å². The first-order chi connectivity index (χ1) is 16.1. The van der Waals surface area contributed by atoms with E-state index in [1.54, 1.807) is 6.20 Å². The third kappa shape index (κ3) is 7.13.